The standard InChI is InChI=1S/C10H16O3/c1-13-10(12)7-8-4-2-3-5-9(11)6-8/h8H,2-7H2,1H3. The molecular formula is C10H16O3. The molecule has 1 unspecified atom stereocenters. The molecule has 0 aromatic rings. The van der Waals surface area contributed by atoms with Crippen LogP contribution in [0.25, 0.3) is 0 Å². The van der Waals surface area contributed by atoms with Crippen LogP contribution in [-0.2, 0) is 14.3 Å². The van der Waals surface area contributed by atoms with E-state index in [0.717, 1.165) is 19.3 Å². The number of ketones is 1. The summed E-state index contributed by atoms with van der Waals surface area (Å²) in [6.45, 7) is 0. The van der Waals surface area contributed by atoms with Crippen LogP contribution in [0.5, 0.6) is 0 Å². The maximum absolute atomic E-state index is 11.2. The first kappa shape index (κ1) is 10.2. The van der Waals surface area contributed by atoms with Crippen molar-refractivity contribution < 1.29 is 14.3 Å². The predicted octanol–water partition coefficient (Wildman–Crippen LogP) is 1.70. The fourth-order valence-corrected chi connectivity index (χ4v) is 1.77. The molecule has 0 saturated heterocycles. The Kier molecular flexibility index (Phi) is 3.93. The monoisotopic (exact) mass is 184 g/mol. The second-order valence-corrected chi connectivity index (χ2v) is 3.63. The maximum Gasteiger partial charge on any atom is 0.305 e. The van der Waals surface area contributed by atoms with E-state index < -0.39 is 0 Å². The lowest BCUT2D eigenvalue weighted by Gasteiger charge is -2.10. The largest absolute Gasteiger partial charge is 0.469 e. The summed E-state index contributed by atoms with van der Waals surface area (Å²) in [5.74, 6) is 0.327. The van der Waals surface area contributed by atoms with Gasteiger partial charge in [-0.25, -0.2) is 0 Å². The fourth-order valence-electron chi connectivity index (χ4n) is 1.77. The van der Waals surface area contributed by atoms with Gasteiger partial charge in [0.2, 0.25) is 0 Å². The normalized spacial score (nSPS) is 23.8. The molecule has 0 spiro atoms. The number of carbonyl (C=O) groups excluding carboxylic acids is 2. The van der Waals surface area contributed by atoms with Crippen LogP contribution >= 0.6 is 0 Å². The first-order chi connectivity index (χ1) is 6.22. The van der Waals surface area contributed by atoms with Gasteiger partial charge in [-0.1, -0.05) is 6.42 Å². The van der Waals surface area contributed by atoms with Gasteiger partial charge in [-0.2, -0.15) is 0 Å². The third-order valence-corrected chi connectivity index (χ3v) is 2.52. The molecule has 74 valence electrons. The quantitative estimate of drug-likeness (QED) is 0.484. The van der Waals surface area contributed by atoms with Crippen molar-refractivity contribution in [3.8, 4) is 0 Å². The summed E-state index contributed by atoms with van der Waals surface area (Å²) in [6.07, 6.45) is 4.69. The number of hydrogen-bond donors (Lipinski definition) is 0. The Morgan fingerprint density at radius 3 is 3.00 bits per heavy atom. The van der Waals surface area contributed by atoms with E-state index in [4.69, 9.17) is 0 Å². The van der Waals surface area contributed by atoms with E-state index in [1.165, 1.54) is 7.11 Å². The Labute approximate surface area is 78.5 Å². The summed E-state index contributed by atoms with van der Waals surface area (Å²) < 4.78 is 4.58. The molecule has 0 amide bonds. The van der Waals surface area contributed by atoms with Crippen molar-refractivity contribution in [3.05, 3.63) is 0 Å². The van der Waals surface area contributed by atoms with Crippen LogP contribution in [0.4, 0.5) is 0 Å². The molecular weight excluding hydrogens is 168 g/mol. The van der Waals surface area contributed by atoms with E-state index in [2.05, 4.69) is 4.74 Å². The second-order valence-electron chi connectivity index (χ2n) is 3.63. The van der Waals surface area contributed by atoms with Gasteiger partial charge in [0.15, 0.2) is 0 Å². The highest BCUT2D eigenvalue weighted by atomic mass is 16.5. The summed E-state index contributed by atoms with van der Waals surface area (Å²) >= 11 is 0. The predicted molar refractivity (Wildman–Crippen MR) is 48.2 cm³/mol. The molecule has 0 heterocycles. The topological polar surface area (TPSA) is 43.4 Å². The SMILES string of the molecule is COC(=O)CC1CCCCC(=O)C1. The Morgan fingerprint density at radius 2 is 2.31 bits per heavy atom. The zero-order chi connectivity index (χ0) is 9.68. The summed E-state index contributed by atoms with van der Waals surface area (Å²) in [5, 5.41) is 0. The van der Waals surface area contributed by atoms with Gasteiger partial charge in [0, 0.05) is 19.3 Å². The molecule has 0 aliphatic heterocycles. The fraction of sp³-hybridized carbons (Fsp3) is 0.800. The van der Waals surface area contributed by atoms with Gasteiger partial charge >= 0.3 is 5.97 Å². The molecule has 1 aliphatic carbocycles. The minimum Gasteiger partial charge on any atom is -0.469 e. The smallest absolute Gasteiger partial charge is 0.305 e. The zero-order valence-electron chi connectivity index (χ0n) is 8.04. The zero-order valence-corrected chi connectivity index (χ0v) is 8.04. The molecule has 0 bridgehead atoms. The van der Waals surface area contributed by atoms with Crippen molar-refractivity contribution in [1.29, 1.82) is 0 Å². The van der Waals surface area contributed by atoms with Gasteiger partial charge in [0.1, 0.15) is 5.78 Å². The number of rotatable bonds is 2. The minimum absolute atomic E-state index is 0.195. The average Bonchev–Trinajstić information content (AvgIpc) is 2.30. The van der Waals surface area contributed by atoms with E-state index in [1.807, 2.05) is 0 Å². The van der Waals surface area contributed by atoms with Crippen molar-refractivity contribution in [3.63, 3.8) is 0 Å². The van der Waals surface area contributed by atoms with Gasteiger partial charge in [-0.3, -0.25) is 9.59 Å². The summed E-state index contributed by atoms with van der Waals surface area (Å²) in [5.41, 5.74) is 0. The highest BCUT2D eigenvalue weighted by Gasteiger charge is 2.20. The molecule has 1 rings (SSSR count). The van der Waals surface area contributed by atoms with Gasteiger partial charge < -0.3 is 4.74 Å². The molecule has 0 radical (unpaired) electrons. The molecule has 13 heavy (non-hydrogen) atoms. The van der Waals surface area contributed by atoms with Crippen molar-refractivity contribution in [1.82, 2.24) is 0 Å². The molecule has 1 aliphatic rings. The lowest BCUT2D eigenvalue weighted by atomic mass is 9.96. The van der Waals surface area contributed by atoms with Gasteiger partial charge in [-0.15, -0.1) is 0 Å². The minimum atomic E-state index is -0.195. The van der Waals surface area contributed by atoms with E-state index in [9.17, 15) is 9.59 Å². The Bertz CT molecular complexity index is 198. The first-order valence-corrected chi connectivity index (χ1v) is 4.81. The number of Topliss-reactive ketones (excluding diaryl/α,β-unsaturated/α-hetero) is 1. The van der Waals surface area contributed by atoms with Crippen LogP contribution in [0, 0.1) is 5.92 Å². The van der Waals surface area contributed by atoms with E-state index in [0.29, 0.717) is 25.0 Å². The number of hydrogen-bond acceptors (Lipinski definition) is 3. The van der Waals surface area contributed by atoms with Gasteiger partial charge in [-0.05, 0) is 18.8 Å². The number of esters is 1. The van der Waals surface area contributed by atoms with E-state index >= 15 is 0 Å². The number of ether oxygens (including phenoxy) is 1. The summed E-state index contributed by atoms with van der Waals surface area (Å²) in [4.78, 5) is 22.2. The van der Waals surface area contributed by atoms with Crippen molar-refractivity contribution in [2.75, 3.05) is 7.11 Å². The van der Waals surface area contributed by atoms with Crippen LogP contribution in [-0.4, -0.2) is 18.9 Å². The Morgan fingerprint density at radius 1 is 1.54 bits per heavy atom. The van der Waals surface area contributed by atoms with Gasteiger partial charge in [0.25, 0.3) is 0 Å². The highest BCUT2D eigenvalue weighted by molar-refractivity contribution is 5.79. The molecule has 0 aromatic carbocycles. The van der Waals surface area contributed by atoms with Crippen molar-refractivity contribution in [2.45, 2.75) is 38.5 Å². The average molecular weight is 184 g/mol. The summed E-state index contributed by atoms with van der Waals surface area (Å²) in [7, 11) is 1.39. The molecule has 1 fully saturated rings. The van der Waals surface area contributed by atoms with Crippen LogP contribution in [0.1, 0.15) is 38.5 Å². The highest BCUT2D eigenvalue weighted by Crippen LogP contribution is 2.23. The number of methoxy groups -OCH3 is 1. The van der Waals surface area contributed by atoms with Crippen molar-refractivity contribution >= 4 is 11.8 Å². The van der Waals surface area contributed by atoms with Crippen LogP contribution in [0.15, 0.2) is 0 Å². The molecule has 0 aromatic heterocycles. The van der Waals surface area contributed by atoms with Crippen LogP contribution < -0.4 is 0 Å². The third-order valence-electron chi connectivity index (χ3n) is 2.52. The van der Waals surface area contributed by atoms with E-state index in [-0.39, 0.29) is 11.9 Å². The Hall–Kier alpha value is -0.860. The maximum atomic E-state index is 11.2. The first-order valence-electron chi connectivity index (χ1n) is 4.81. The van der Waals surface area contributed by atoms with Gasteiger partial charge in [0.05, 0.1) is 7.11 Å². The molecule has 3 nitrogen and oxygen atoms in total. The molecule has 0 N–H and O–H groups in total. The lowest BCUT2D eigenvalue weighted by Crippen LogP contribution is -2.12. The molecule has 1 saturated carbocycles. The van der Waals surface area contributed by atoms with Crippen molar-refractivity contribution in [2.24, 2.45) is 5.92 Å². The lowest BCUT2D eigenvalue weighted by molar-refractivity contribution is -0.141. The molecule has 1 atom stereocenters. The van der Waals surface area contributed by atoms with Crippen LogP contribution in [0.3, 0.4) is 0 Å². The second kappa shape index (κ2) is 5.00. The third kappa shape index (κ3) is 3.57. The Balaban J connectivity index is 2.39. The van der Waals surface area contributed by atoms with Crippen LogP contribution in [0.2, 0.25) is 0 Å². The molecule has 3 heteroatoms. The number of carbonyl (C=O) groups is 2. The summed E-state index contributed by atoms with van der Waals surface area (Å²) in [6, 6.07) is 0. The van der Waals surface area contributed by atoms with E-state index in [1.54, 1.807) is 0 Å².